The van der Waals surface area contributed by atoms with Gasteiger partial charge in [-0.3, -0.25) is 4.79 Å². The Morgan fingerprint density at radius 1 is 1.00 bits per heavy atom. The smallest absolute Gasteiger partial charge is 0.152 e. The number of Topliss-reactive ketones (excluding diaryl/α,β-unsaturated/α-hetero) is 1. The van der Waals surface area contributed by atoms with Gasteiger partial charge in [0.15, 0.2) is 5.78 Å². The average Bonchev–Trinajstić information content (AvgIpc) is 2.15. The monoisotopic (exact) mass is 204 g/mol. The van der Waals surface area contributed by atoms with Gasteiger partial charge in [-0.25, -0.2) is 0 Å². The molecule has 0 aliphatic rings. The molecule has 0 unspecified atom stereocenters. The Labute approximate surface area is 90.6 Å². The fourth-order valence-corrected chi connectivity index (χ4v) is 0.778. The summed E-state index contributed by atoms with van der Waals surface area (Å²) in [5, 5.41) is 0. The van der Waals surface area contributed by atoms with Crippen molar-refractivity contribution in [3.8, 4) is 0 Å². The standard InChI is InChI=1S/C10H10O.C3H6O/c1-9(11)7-8-10-5-3-2-4-6-10;1-3(2)4/h2-8H,1H3;1-2H3/b8-7+;. The number of hydrogen-bond acceptors (Lipinski definition) is 2. The second-order valence-electron chi connectivity index (χ2n) is 3.26. The molecule has 1 rings (SSSR count). The van der Waals surface area contributed by atoms with E-state index in [1.54, 1.807) is 13.0 Å². The van der Waals surface area contributed by atoms with Gasteiger partial charge in [0.05, 0.1) is 0 Å². The molecule has 80 valence electrons. The van der Waals surface area contributed by atoms with E-state index in [-0.39, 0.29) is 11.6 Å². The topological polar surface area (TPSA) is 34.1 Å². The first-order valence-corrected chi connectivity index (χ1v) is 4.73. The van der Waals surface area contributed by atoms with Crippen LogP contribution in [0.1, 0.15) is 26.3 Å². The third-order valence-corrected chi connectivity index (χ3v) is 1.31. The van der Waals surface area contributed by atoms with Crippen molar-refractivity contribution >= 4 is 17.6 Å². The first-order chi connectivity index (χ1) is 7.02. The van der Waals surface area contributed by atoms with E-state index < -0.39 is 0 Å². The molecule has 2 nitrogen and oxygen atoms in total. The van der Waals surface area contributed by atoms with E-state index in [4.69, 9.17) is 0 Å². The summed E-state index contributed by atoms with van der Waals surface area (Å²) < 4.78 is 0. The largest absolute Gasteiger partial charge is 0.300 e. The van der Waals surface area contributed by atoms with Gasteiger partial charge in [-0.1, -0.05) is 36.4 Å². The van der Waals surface area contributed by atoms with Crippen LogP contribution in [0.3, 0.4) is 0 Å². The fraction of sp³-hybridized carbons (Fsp3) is 0.231. The van der Waals surface area contributed by atoms with Gasteiger partial charge in [0.2, 0.25) is 0 Å². The van der Waals surface area contributed by atoms with Gasteiger partial charge in [0, 0.05) is 0 Å². The number of carbonyl (C=O) groups excluding carboxylic acids is 2. The zero-order valence-electron chi connectivity index (χ0n) is 9.36. The van der Waals surface area contributed by atoms with Gasteiger partial charge >= 0.3 is 0 Å². The van der Waals surface area contributed by atoms with E-state index in [1.807, 2.05) is 36.4 Å². The number of carbonyl (C=O) groups is 2. The minimum Gasteiger partial charge on any atom is -0.300 e. The molecule has 0 fully saturated rings. The molecule has 0 heterocycles. The number of benzene rings is 1. The molecular weight excluding hydrogens is 188 g/mol. The Hall–Kier alpha value is -1.70. The van der Waals surface area contributed by atoms with Crippen LogP contribution in [0.25, 0.3) is 6.08 Å². The Morgan fingerprint density at radius 2 is 1.47 bits per heavy atom. The van der Waals surface area contributed by atoms with Crippen LogP contribution in [-0.4, -0.2) is 11.6 Å². The summed E-state index contributed by atoms with van der Waals surface area (Å²) in [4.78, 5) is 20.0. The Bertz CT molecular complexity index is 333. The van der Waals surface area contributed by atoms with Gasteiger partial charge in [0.25, 0.3) is 0 Å². The van der Waals surface area contributed by atoms with Gasteiger partial charge in [0.1, 0.15) is 5.78 Å². The molecule has 15 heavy (non-hydrogen) atoms. The van der Waals surface area contributed by atoms with Crippen molar-refractivity contribution in [3.05, 3.63) is 42.0 Å². The first kappa shape index (κ1) is 13.3. The van der Waals surface area contributed by atoms with Gasteiger partial charge < -0.3 is 4.79 Å². The lowest BCUT2D eigenvalue weighted by Gasteiger charge is -1.88. The molecule has 0 saturated carbocycles. The van der Waals surface area contributed by atoms with E-state index in [1.165, 1.54) is 13.8 Å². The quantitative estimate of drug-likeness (QED) is 0.694. The third-order valence-electron chi connectivity index (χ3n) is 1.31. The number of ketones is 2. The lowest BCUT2D eigenvalue weighted by atomic mass is 10.2. The molecule has 0 N–H and O–H groups in total. The highest BCUT2D eigenvalue weighted by Gasteiger charge is 1.83. The van der Waals surface area contributed by atoms with Crippen molar-refractivity contribution in [2.24, 2.45) is 0 Å². The van der Waals surface area contributed by atoms with Crippen LogP contribution in [0.4, 0.5) is 0 Å². The van der Waals surface area contributed by atoms with Crippen molar-refractivity contribution in [1.29, 1.82) is 0 Å². The van der Waals surface area contributed by atoms with Crippen LogP contribution < -0.4 is 0 Å². The molecule has 0 radical (unpaired) electrons. The van der Waals surface area contributed by atoms with Gasteiger partial charge in [-0.05, 0) is 32.4 Å². The first-order valence-electron chi connectivity index (χ1n) is 4.73. The van der Waals surface area contributed by atoms with Crippen molar-refractivity contribution in [2.45, 2.75) is 20.8 Å². The van der Waals surface area contributed by atoms with Gasteiger partial charge in [-0.15, -0.1) is 0 Å². The molecule has 0 aliphatic carbocycles. The summed E-state index contributed by atoms with van der Waals surface area (Å²) in [6.07, 6.45) is 3.37. The van der Waals surface area contributed by atoms with Crippen LogP contribution in [0, 0.1) is 0 Å². The minimum atomic E-state index is 0.0776. The van der Waals surface area contributed by atoms with E-state index in [2.05, 4.69) is 0 Å². The van der Waals surface area contributed by atoms with Crippen molar-refractivity contribution in [2.75, 3.05) is 0 Å². The summed E-state index contributed by atoms with van der Waals surface area (Å²) in [6.45, 7) is 4.60. The highest BCUT2D eigenvalue weighted by atomic mass is 16.1. The second kappa shape index (κ2) is 7.68. The third kappa shape index (κ3) is 10.2. The SMILES string of the molecule is CC(=O)/C=C/c1ccccc1.CC(C)=O. The summed E-state index contributed by atoms with van der Waals surface area (Å²) in [5.74, 6) is 0.244. The van der Waals surface area contributed by atoms with Crippen LogP contribution in [0.2, 0.25) is 0 Å². The number of allylic oxidation sites excluding steroid dienone is 1. The number of hydrogen-bond donors (Lipinski definition) is 0. The van der Waals surface area contributed by atoms with E-state index in [9.17, 15) is 9.59 Å². The highest BCUT2D eigenvalue weighted by Crippen LogP contribution is 2.00. The van der Waals surface area contributed by atoms with Crippen molar-refractivity contribution in [1.82, 2.24) is 0 Å². The molecule has 0 spiro atoms. The maximum atomic E-state index is 10.5. The molecule has 0 amide bonds. The highest BCUT2D eigenvalue weighted by molar-refractivity contribution is 5.91. The molecule has 0 atom stereocenters. The van der Waals surface area contributed by atoms with E-state index in [0.717, 1.165) is 5.56 Å². The van der Waals surface area contributed by atoms with Gasteiger partial charge in [-0.2, -0.15) is 0 Å². The molecular formula is C13H16O2. The zero-order valence-corrected chi connectivity index (χ0v) is 9.36. The predicted octanol–water partition coefficient (Wildman–Crippen LogP) is 2.88. The zero-order chi connectivity index (χ0) is 11.7. The summed E-state index contributed by atoms with van der Waals surface area (Å²) in [7, 11) is 0. The summed E-state index contributed by atoms with van der Waals surface area (Å²) >= 11 is 0. The summed E-state index contributed by atoms with van der Waals surface area (Å²) in [6, 6.07) is 9.75. The van der Waals surface area contributed by atoms with Crippen LogP contribution in [-0.2, 0) is 9.59 Å². The molecule has 0 saturated heterocycles. The number of rotatable bonds is 2. The molecule has 0 aliphatic heterocycles. The molecule has 0 aromatic heterocycles. The lowest BCUT2D eigenvalue weighted by Crippen LogP contribution is -1.79. The van der Waals surface area contributed by atoms with Crippen LogP contribution >= 0.6 is 0 Å². The minimum absolute atomic E-state index is 0.0776. The lowest BCUT2D eigenvalue weighted by molar-refractivity contribution is -0.115. The Morgan fingerprint density at radius 3 is 1.87 bits per heavy atom. The normalized spacial score (nSPS) is 9.27. The van der Waals surface area contributed by atoms with Crippen molar-refractivity contribution in [3.63, 3.8) is 0 Å². The predicted molar refractivity (Wildman–Crippen MR) is 62.5 cm³/mol. The van der Waals surface area contributed by atoms with E-state index in [0.29, 0.717) is 0 Å². The Balaban J connectivity index is 0.000000423. The second-order valence-corrected chi connectivity index (χ2v) is 3.26. The van der Waals surface area contributed by atoms with Crippen molar-refractivity contribution < 1.29 is 9.59 Å². The van der Waals surface area contributed by atoms with E-state index >= 15 is 0 Å². The van der Waals surface area contributed by atoms with Crippen LogP contribution in [0.5, 0.6) is 0 Å². The van der Waals surface area contributed by atoms with Crippen LogP contribution in [0.15, 0.2) is 36.4 Å². The molecule has 2 heteroatoms. The maximum absolute atomic E-state index is 10.5. The maximum Gasteiger partial charge on any atom is 0.152 e. The average molecular weight is 204 g/mol. The fourth-order valence-electron chi connectivity index (χ4n) is 0.778. The molecule has 0 bridgehead atoms. The Kier molecular flexibility index (Phi) is 6.81. The summed E-state index contributed by atoms with van der Waals surface area (Å²) in [5.41, 5.74) is 1.06. The molecule has 1 aromatic carbocycles. The molecule has 1 aromatic rings.